The molecule has 0 saturated carbocycles. The fourth-order valence-corrected chi connectivity index (χ4v) is 2.94. The van der Waals surface area contributed by atoms with Crippen LogP contribution in [-0.2, 0) is 0 Å². The summed E-state index contributed by atoms with van der Waals surface area (Å²) in [4.78, 5) is 0. The second-order valence-electron chi connectivity index (χ2n) is 5.44. The maximum atomic E-state index is 9.33. The summed E-state index contributed by atoms with van der Waals surface area (Å²) in [5, 5.41) is 21.5. The van der Waals surface area contributed by atoms with Gasteiger partial charge in [-0.1, -0.05) is 36.4 Å². The van der Waals surface area contributed by atoms with Crippen molar-refractivity contribution in [3.05, 3.63) is 54.1 Å². The summed E-state index contributed by atoms with van der Waals surface area (Å²) in [6.45, 7) is 0.0447. The Balaban J connectivity index is 1.81. The van der Waals surface area contributed by atoms with Crippen LogP contribution in [-0.4, -0.2) is 30.9 Å². The molecule has 4 nitrogen and oxygen atoms in total. The molecule has 0 spiro atoms. The van der Waals surface area contributed by atoms with Crippen molar-refractivity contribution in [2.24, 2.45) is 0 Å². The van der Waals surface area contributed by atoms with Gasteiger partial charge in [0, 0.05) is 12.0 Å². The van der Waals surface area contributed by atoms with Gasteiger partial charge in [0.15, 0.2) is 0 Å². The van der Waals surface area contributed by atoms with Crippen LogP contribution in [0.1, 0.15) is 11.5 Å². The third kappa shape index (κ3) is 2.57. The molecule has 1 saturated heterocycles. The van der Waals surface area contributed by atoms with Crippen LogP contribution in [0.2, 0.25) is 0 Å². The molecule has 1 heterocycles. The Bertz CT molecular complexity index is 674. The molecular formula is C18H18N2O2. The Kier molecular flexibility index (Phi) is 4.10. The van der Waals surface area contributed by atoms with E-state index >= 15 is 0 Å². The first-order chi connectivity index (χ1) is 10.8. The summed E-state index contributed by atoms with van der Waals surface area (Å²) in [6, 6.07) is 18.1. The zero-order valence-electron chi connectivity index (χ0n) is 12.4. The zero-order chi connectivity index (χ0) is 15.5. The van der Waals surface area contributed by atoms with Crippen LogP contribution >= 0.6 is 0 Å². The van der Waals surface area contributed by atoms with E-state index in [-0.39, 0.29) is 24.6 Å². The van der Waals surface area contributed by atoms with Crippen molar-refractivity contribution in [1.82, 2.24) is 5.32 Å². The summed E-state index contributed by atoms with van der Waals surface area (Å²) >= 11 is 0. The number of ether oxygens (including phenoxy) is 1. The van der Waals surface area contributed by atoms with Crippen LogP contribution in [0.25, 0.3) is 11.1 Å². The van der Waals surface area contributed by atoms with Crippen LogP contribution in [0.4, 0.5) is 0 Å². The quantitative estimate of drug-likeness (QED) is 0.908. The first-order valence-electron chi connectivity index (χ1n) is 7.27. The van der Waals surface area contributed by atoms with Gasteiger partial charge in [-0.2, -0.15) is 5.26 Å². The van der Waals surface area contributed by atoms with Crippen LogP contribution < -0.4 is 10.1 Å². The van der Waals surface area contributed by atoms with Crippen molar-refractivity contribution >= 4 is 0 Å². The molecule has 22 heavy (non-hydrogen) atoms. The predicted molar refractivity (Wildman–Crippen MR) is 84.6 cm³/mol. The maximum Gasteiger partial charge on any atom is 0.118 e. The van der Waals surface area contributed by atoms with Crippen LogP contribution in [0, 0.1) is 11.3 Å². The minimum Gasteiger partial charge on any atom is -0.497 e. The average molecular weight is 294 g/mol. The van der Waals surface area contributed by atoms with Gasteiger partial charge < -0.3 is 9.84 Å². The number of nitriles is 1. The lowest BCUT2D eigenvalue weighted by molar-refractivity contribution is 0.151. The van der Waals surface area contributed by atoms with E-state index in [0.717, 1.165) is 22.4 Å². The van der Waals surface area contributed by atoms with Gasteiger partial charge in [0.2, 0.25) is 0 Å². The van der Waals surface area contributed by atoms with Crippen molar-refractivity contribution in [2.45, 2.75) is 18.0 Å². The number of nitrogens with zero attached hydrogens (tertiary/aromatic N) is 1. The second kappa shape index (κ2) is 6.18. The SMILES string of the molecule is COc1ccc(-c2ccc([C@H]3[C@H](C#N)N[C@@H]3CO)cc2)cc1. The highest BCUT2D eigenvalue weighted by atomic mass is 16.5. The van der Waals surface area contributed by atoms with E-state index in [1.807, 2.05) is 36.4 Å². The lowest BCUT2D eigenvalue weighted by Crippen LogP contribution is -2.60. The van der Waals surface area contributed by atoms with E-state index in [0.29, 0.717) is 0 Å². The van der Waals surface area contributed by atoms with Crippen molar-refractivity contribution in [3.63, 3.8) is 0 Å². The van der Waals surface area contributed by atoms with E-state index in [1.165, 1.54) is 0 Å². The molecule has 0 unspecified atom stereocenters. The van der Waals surface area contributed by atoms with Crippen molar-refractivity contribution < 1.29 is 9.84 Å². The van der Waals surface area contributed by atoms with Gasteiger partial charge in [0.1, 0.15) is 11.8 Å². The van der Waals surface area contributed by atoms with Gasteiger partial charge >= 0.3 is 0 Å². The molecule has 3 rings (SSSR count). The Morgan fingerprint density at radius 1 is 1.09 bits per heavy atom. The molecule has 0 aliphatic carbocycles. The summed E-state index contributed by atoms with van der Waals surface area (Å²) < 4.78 is 5.16. The lowest BCUT2D eigenvalue weighted by Gasteiger charge is -2.41. The highest BCUT2D eigenvalue weighted by molar-refractivity contribution is 5.64. The number of aliphatic hydroxyl groups excluding tert-OH is 1. The van der Waals surface area contributed by atoms with Crippen molar-refractivity contribution in [1.29, 1.82) is 5.26 Å². The minimum absolute atomic E-state index is 0.0310. The molecule has 1 aliphatic heterocycles. The van der Waals surface area contributed by atoms with E-state index in [1.54, 1.807) is 7.11 Å². The van der Waals surface area contributed by atoms with Crippen LogP contribution in [0.15, 0.2) is 48.5 Å². The topological polar surface area (TPSA) is 65.3 Å². The zero-order valence-corrected chi connectivity index (χ0v) is 12.4. The first kappa shape index (κ1) is 14.6. The molecule has 1 fully saturated rings. The summed E-state index contributed by atoms with van der Waals surface area (Å²) in [7, 11) is 1.65. The number of hydrogen-bond acceptors (Lipinski definition) is 4. The molecule has 0 aromatic heterocycles. The molecule has 2 aromatic rings. The number of benzene rings is 2. The van der Waals surface area contributed by atoms with Gasteiger partial charge in [-0.25, -0.2) is 0 Å². The number of methoxy groups -OCH3 is 1. The van der Waals surface area contributed by atoms with Crippen molar-refractivity contribution in [2.75, 3.05) is 13.7 Å². The number of aliphatic hydroxyl groups is 1. The van der Waals surface area contributed by atoms with Gasteiger partial charge in [-0.05, 0) is 28.8 Å². The van der Waals surface area contributed by atoms with Gasteiger partial charge in [0.05, 0.1) is 19.8 Å². The Labute approximate surface area is 130 Å². The molecule has 2 aromatic carbocycles. The maximum absolute atomic E-state index is 9.33. The number of rotatable bonds is 4. The average Bonchev–Trinajstić information content (AvgIpc) is 2.55. The largest absolute Gasteiger partial charge is 0.497 e. The Hall–Kier alpha value is -2.35. The van der Waals surface area contributed by atoms with E-state index in [2.05, 4.69) is 23.5 Å². The van der Waals surface area contributed by atoms with Crippen LogP contribution in [0.5, 0.6) is 5.75 Å². The molecule has 2 N–H and O–H groups in total. The smallest absolute Gasteiger partial charge is 0.118 e. The van der Waals surface area contributed by atoms with Gasteiger partial charge in [0.25, 0.3) is 0 Å². The standard InChI is InChI=1S/C18H18N2O2/c1-22-15-8-6-13(7-9-15)12-2-4-14(5-3-12)18-16(10-19)20-17(18)11-21/h2-9,16-18,20-21H,11H2,1H3/t16-,17+,18-/m0/s1. The molecule has 1 aliphatic rings. The first-order valence-corrected chi connectivity index (χ1v) is 7.27. The summed E-state index contributed by atoms with van der Waals surface area (Å²) in [5.74, 6) is 0.892. The van der Waals surface area contributed by atoms with Gasteiger partial charge in [-0.15, -0.1) is 0 Å². The van der Waals surface area contributed by atoms with Gasteiger partial charge in [-0.3, -0.25) is 5.32 Å². The van der Waals surface area contributed by atoms with Crippen molar-refractivity contribution in [3.8, 4) is 22.9 Å². The third-order valence-electron chi connectivity index (χ3n) is 4.24. The molecule has 0 radical (unpaired) electrons. The number of hydrogen-bond donors (Lipinski definition) is 2. The monoisotopic (exact) mass is 294 g/mol. The van der Waals surface area contributed by atoms with Crippen LogP contribution in [0.3, 0.4) is 0 Å². The molecule has 0 amide bonds. The second-order valence-corrected chi connectivity index (χ2v) is 5.44. The molecular weight excluding hydrogens is 276 g/mol. The third-order valence-corrected chi connectivity index (χ3v) is 4.24. The molecule has 0 bridgehead atoms. The van der Waals surface area contributed by atoms with E-state index in [4.69, 9.17) is 10.00 Å². The molecule has 4 heteroatoms. The summed E-state index contributed by atoms with van der Waals surface area (Å²) in [6.07, 6.45) is 0. The summed E-state index contributed by atoms with van der Waals surface area (Å²) in [5.41, 5.74) is 3.32. The fourth-order valence-electron chi connectivity index (χ4n) is 2.94. The van der Waals surface area contributed by atoms with E-state index in [9.17, 15) is 5.11 Å². The lowest BCUT2D eigenvalue weighted by atomic mass is 9.78. The Morgan fingerprint density at radius 2 is 1.68 bits per heavy atom. The molecule has 3 atom stereocenters. The minimum atomic E-state index is -0.219. The normalized spacial score (nSPS) is 23.4. The predicted octanol–water partition coefficient (Wildman–Crippen LogP) is 2.30. The Morgan fingerprint density at radius 3 is 2.18 bits per heavy atom. The highest BCUT2D eigenvalue weighted by Gasteiger charge is 2.41. The fraction of sp³-hybridized carbons (Fsp3) is 0.278. The number of nitrogens with one attached hydrogen (secondary N) is 1. The van der Waals surface area contributed by atoms with E-state index < -0.39 is 0 Å². The highest BCUT2D eigenvalue weighted by Crippen LogP contribution is 2.33. The molecule has 112 valence electrons.